The zero-order chi connectivity index (χ0) is 13.8. The summed E-state index contributed by atoms with van der Waals surface area (Å²) < 4.78 is 11.2. The van der Waals surface area contributed by atoms with Gasteiger partial charge in [0.1, 0.15) is 5.75 Å². The van der Waals surface area contributed by atoms with E-state index in [-0.39, 0.29) is 11.3 Å². The number of hydrogen-bond acceptors (Lipinski definition) is 4. The van der Waals surface area contributed by atoms with Crippen LogP contribution < -0.4 is 10.5 Å². The van der Waals surface area contributed by atoms with Crippen molar-refractivity contribution >= 4 is 27.6 Å². The van der Waals surface area contributed by atoms with Gasteiger partial charge in [0.2, 0.25) is 0 Å². The van der Waals surface area contributed by atoms with E-state index < -0.39 is 5.97 Å². The third-order valence-electron chi connectivity index (χ3n) is 2.50. The van der Waals surface area contributed by atoms with Gasteiger partial charge in [-0.3, -0.25) is 0 Å². The van der Waals surface area contributed by atoms with Gasteiger partial charge < -0.3 is 15.2 Å². The third kappa shape index (κ3) is 3.06. The lowest BCUT2D eigenvalue weighted by atomic mass is 10.1. The Kier molecular flexibility index (Phi) is 4.06. The van der Waals surface area contributed by atoms with E-state index in [2.05, 4.69) is 20.7 Å². The van der Waals surface area contributed by atoms with E-state index in [1.54, 1.807) is 24.3 Å². The van der Waals surface area contributed by atoms with Gasteiger partial charge in [0, 0.05) is 4.47 Å². The monoisotopic (exact) mass is 321 g/mol. The second kappa shape index (κ2) is 5.75. The number of nitrogens with two attached hydrogens (primary N) is 1. The fourth-order valence-corrected chi connectivity index (χ4v) is 1.96. The van der Waals surface area contributed by atoms with E-state index in [1.165, 1.54) is 7.11 Å². The Morgan fingerprint density at radius 2 is 1.95 bits per heavy atom. The molecule has 0 unspecified atom stereocenters. The molecule has 5 heteroatoms. The standard InChI is InChI=1S/C14H12BrNO3/c1-18-14(17)11-6-3-7-12(13(11)16)19-10-5-2-4-9(15)8-10/h2-8H,16H2,1H3. The molecule has 0 saturated heterocycles. The summed E-state index contributed by atoms with van der Waals surface area (Å²) in [5, 5.41) is 0. The Morgan fingerprint density at radius 1 is 1.21 bits per heavy atom. The van der Waals surface area contributed by atoms with Crippen molar-refractivity contribution in [2.24, 2.45) is 0 Å². The van der Waals surface area contributed by atoms with Crippen molar-refractivity contribution in [2.45, 2.75) is 0 Å². The molecule has 2 aromatic rings. The van der Waals surface area contributed by atoms with Gasteiger partial charge in [0.25, 0.3) is 0 Å². The van der Waals surface area contributed by atoms with Crippen molar-refractivity contribution in [2.75, 3.05) is 12.8 Å². The fraction of sp³-hybridized carbons (Fsp3) is 0.0714. The van der Waals surface area contributed by atoms with Gasteiger partial charge in [-0.2, -0.15) is 0 Å². The van der Waals surface area contributed by atoms with Gasteiger partial charge >= 0.3 is 5.97 Å². The third-order valence-corrected chi connectivity index (χ3v) is 2.99. The molecule has 19 heavy (non-hydrogen) atoms. The van der Waals surface area contributed by atoms with Crippen LogP contribution in [0.2, 0.25) is 0 Å². The van der Waals surface area contributed by atoms with Gasteiger partial charge in [0.05, 0.1) is 18.4 Å². The first-order valence-electron chi connectivity index (χ1n) is 5.52. The summed E-state index contributed by atoms with van der Waals surface area (Å²) in [6.45, 7) is 0. The Hall–Kier alpha value is -2.01. The van der Waals surface area contributed by atoms with Crippen LogP contribution in [0.15, 0.2) is 46.9 Å². The minimum absolute atomic E-state index is 0.259. The zero-order valence-electron chi connectivity index (χ0n) is 10.2. The van der Waals surface area contributed by atoms with Crippen LogP contribution in [0.4, 0.5) is 5.69 Å². The van der Waals surface area contributed by atoms with Crippen LogP contribution in [-0.2, 0) is 4.74 Å². The fourth-order valence-electron chi connectivity index (χ4n) is 1.58. The first kappa shape index (κ1) is 13.4. The van der Waals surface area contributed by atoms with Crippen LogP contribution in [-0.4, -0.2) is 13.1 Å². The van der Waals surface area contributed by atoms with Crippen LogP contribution in [0.3, 0.4) is 0 Å². The molecule has 0 aliphatic heterocycles. The maximum Gasteiger partial charge on any atom is 0.340 e. The number of para-hydroxylation sites is 1. The van der Waals surface area contributed by atoms with Crippen LogP contribution >= 0.6 is 15.9 Å². The highest BCUT2D eigenvalue weighted by atomic mass is 79.9. The minimum atomic E-state index is -0.489. The summed E-state index contributed by atoms with van der Waals surface area (Å²) in [5.74, 6) is 0.557. The van der Waals surface area contributed by atoms with Gasteiger partial charge in [-0.05, 0) is 30.3 Å². The van der Waals surface area contributed by atoms with Crippen molar-refractivity contribution in [1.82, 2.24) is 0 Å². The molecule has 0 amide bonds. The Labute approximate surface area is 119 Å². The highest BCUT2D eigenvalue weighted by Gasteiger charge is 2.14. The van der Waals surface area contributed by atoms with Crippen molar-refractivity contribution in [3.05, 3.63) is 52.5 Å². The van der Waals surface area contributed by atoms with Crippen LogP contribution in [0.5, 0.6) is 11.5 Å². The van der Waals surface area contributed by atoms with Gasteiger partial charge in [-0.15, -0.1) is 0 Å². The predicted molar refractivity (Wildman–Crippen MR) is 76.4 cm³/mol. The van der Waals surface area contributed by atoms with E-state index in [4.69, 9.17) is 10.5 Å². The number of rotatable bonds is 3. The van der Waals surface area contributed by atoms with Crippen molar-refractivity contribution in [3.8, 4) is 11.5 Å². The summed E-state index contributed by atoms with van der Waals surface area (Å²) in [7, 11) is 1.31. The van der Waals surface area contributed by atoms with E-state index >= 15 is 0 Å². The zero-order valence-corrected chi connectivity index (χ0v) is 11.8. The number of carbonyl (C=O) groups is 1. The first-order chi connectivity index (χ1) is 9.11. The average molecular weight is 322 g/mol. The molecule has 0 saturated carbocycles. The molecule has 4 nitrogen and oxygen atoms in total. The molecule has 2 aromatic carbocycles. The van der Waals surface area contributed by atoms with Crippen molar-refractivity contribution in [3.63, 3.8) is 0 Å². The minimum Gasteiger partial charge on any atom is -0.465 e. The molecule has 0 aliphatic carbocycles. The smallest absolute Gasteiger partial charge is 0.340 e. The molecule has 2 N–H and O–H groups in total. The summed E-state index contributed by atoms with van der Waals surface area (Å²) in [6, 6.07) is 12.3. The first-order valence-corrected chi connectivity index (χ1v) is 6.31. The topological polar surface area (TPSA) is 61.5 Å². The molecular formula is C14H12BrNO3. The van der Waals surface area contributed by atoms with Gasteiger partial charge in [0.15, 0.2) is 5.75 Å². The Balaban J connectivity index is 2.33. The average Bonchev–Trinajstić information content (AvgIpc) is 2.40. The molecule has 0 radical (unpaired) electrons. The van der Waals surface area contributed by atoms with Crippen molar-refractivity contribution in [1.29, 1.82) is 0 Å². The molecular weight excluding hydrogens is 310 g/mol. The second-order valence-corrected chi connectivity index (χ2v) is 4.68. The van der Waals surface area contributed by atoms with Gasteiger partial charge in [-0.1, -0.05) is 28.1 Å². The predicted octanol–water partition coefficient (Wildman–Crippen LogP) is 3.61. The lowest BCUT2D eigenvalue weighted by Gasteiger charge is -2.11. The molecule has 0 heterocycles. The molecule has 0 atom stereocenters. The summed E-state index contributed by atoms with van der Waals surface area (Å²) in [5.41, 5.74) is 6.45. The molecule has 0 spiro atoms. The van der Waals surface area contributed by atoms with Gasteiger partial charge in [-0.25, -0.2) is 4.79 Å². The maximum absolute atomic E-state index is 11.5. The number of halogens is 1. The van der Waals surface area contributed by atoms with Crippen LogP contribution in [0.1, 0.15) is 10.4 Å². The summed E-state index contributed by atoms with van der Waals surface area (Å²) in [4.78, 5) is 11.5. The number of carbonyl (C=O) groups excluding carboxylic acids is 1. The van der Waals surface area contributed by atoms with Crippen molar-refractivity contribution < 1.29 is 14.3 Å². The number of anilines is 1. The Bertz CT molecular complexity index is 613. The molecule has 0 fully saturated rings. The number of nitrogen functional groups attached to an aromatic ring is 1. The Morgan fingerprint density at radius 3 is 2.63 bits per heavy atom. The SMILES string of the molecule is COC(=O)c1cccc(Oc2cccc(Br)c2)c1N. The van der Waals surface area contributed by atoms with Crippen LogP contribution in [0, 0.1) is 0 Å². The van der Waals surface area contributed by atoms with E-state index in [0.717, 1.165) is 4.47 Å². The molecule has 0 aromatic heterocycles. The lowest BCUT2D eigenvalue weighted by Crippen LogP contribution is -2.06. The lowest BCUT2D eigenvalue weighted by molar-refractivity contribution is 0.0601. The number of ether oxygens (including phenoxy) is 2. The highest BCUT2D eigenvalue weighted by Crippen LogP contribution is 2.31. The number of benzene rings is 2. The second-order valence-electron chi connectivity index (χ2n) is 3.77. The normalized spacial score (nSPS) is 10.0. The molecule has 0 aliphatic rings. The molecule has 98 valence electrons. The van der Waals surface area contributed by atoms with E-state index in [9.17, 15) is 4.79 Å². The van der Waals surface area contributed by atoms with E-state index in [1.807, 2.05) is 18.2 Å². The molecule has 2 rings (SSSR count). The quantitative estimate of drug-likeness (QED) is 0.693. The number of hydrogen-bond donors (Lipinski definition) is 1. The van der Waals surface area contributed by atoms with E-state index in [0.29, 0.717) is 11.5 Å². The number of methoxy groups -OCH3 is 1. The largest absolute Gasteiger partial charge is 0.465 e. The molecule has 0 bridgehead atoms. The van der Waals surface area contributed by atoms with Crippen LogP contribution in [0.25, 0.3) is 0 Å². The summed E-state index contributed by atoms with van der Waals surface area (Å²) in [6.07, 6.45) is 0. The number of esters is 1. The highest BCUT2D eigenvalue weighted by molar-refractivity contribution is 9.10. The summed E-state index contributed by atoms with van der Waals surface area (Å²) >= 11 is 3.36. The maximum atomic E-state index is 11.5.